The predicted octanol–water partition coefficient (Wildman–Crippen LogP) is 2.87. The number of fused-ring (bicyclic) bond motifs is 1. The molecular formula is C25H31ClN2O6. The maximum atomic E-state index is 14.2. The number of hydrogen-bond donors (Lipinski definition) is 2. The highest BCUT2D eigenvalue weighted by Crippen LogP contribution is 2.64. The number of benzene rings is 1. The number of carboxylic acids is 1. The molecule has 5 atom stereocenters. The minimum atomic E-state index is -1.20. The lowest BCUT2D eigenvalue weighted by Crippen LogP contribution is -2.56. The fourth-order valence-corrected chi connectivity index (χ4v) is 6.35. The first-order chi connectivity index (χ1) is 16.3. The number of amides is 2. The zero-order valence-corrected chi connectivity index (χ0v) is 20.0. The van der Waals surface area contributed by atoms with Gasteiger partial charge in [-0.2, -0.15) is 0 Å². The van der Waals surface area contributed by atoms with E-state index in [-0.39, 0.29) is 31.5 Å². The largest absolute Gasteiger partial charge is 0.481 e. The molecule has 8 nitrogen and oxygen atoms in total. The Labute approximate surface area is 204 Å². The number of aliphatic carboxylic acids is 1. The Kier molecular flexibility index (Phi) is 6.77. The molecule has 1 aromatic rings. The number of unbranched alkanes of at least 4 members (excludes halogenated alkanes) is 1. The molecule has 9 heteroatoms. The molecule has 1 aromatic carbocycles. The lowest BCUT2D eigenvalue weighted by atomic mass is 9.65. The summed E-state index contributed by atoms with van der Waals surface area (Å²) >= 11 is 6.04. The van der Waals surface area contributed by atoms with Crippen LogP contribution in [0, 0.1) is 11.8 Å². The maximum Gasteiger partial charge on any atom is 0.310 e. The SMILES string of the molecule is C=CCN(C(=O)C1N(CCCCO)C(=O)[C@@H]2[C@H](C(=O)O)[C@]3(CC)CCC12O3)c1ccc(Cl)cc1. The molecule has 2 N–H and O–H groups in total. The Morgan fingerprint density at radius 1 is 1.29 bits per heavy atom. The lowest BCUT2D eigenvalue weighted by Gasteiger charge is -2.37. The minimum absolute atomic E-state index is 0.0320. The van der Waals surface area contributed by atoms with E-state index in [2.05, 4.69) is 6.58 Å². The van der Waals surface area contributed by atoms with Crippen molar-refractivity contribution >= 4 is 35.1 Å². The van der Waals surface area contributed by atoms with Crippen LogP contribution in [-0.4, -0.2) is 69.8 Å². The van der Waals surface area contributed by atoms with Crippen LogP contribution in [0.2, 0.25) is 5.02 Å². The highest BCUT2D eigenvalue weighted by atomic mass is 35.5. The molecule has 0 aliphatic carbocycles. The van der Waals surface area contributed by atoms with E-state index in [0.29, 0.717) is 42.8 Å². The van der Waals surface area contributed by atoms with Crippen molar-refractivity contribution in [1.29, 1.82) is 0 Å². The zero-order chi connectivity index (χ0) is 24.7. The summed E-state index contributed by atoms with van der Waals surface area (Å²) in [6.07, 6.45) is 3.95. The van der Waals surface area contributed by atoms with Gasteiger partial charge >= 0.3 is 5.97 Å². The van der Waals surface area contributed by atoms with Gasteiger partial charge < -0.3 is 24.7 Å². The summed E-state index contributed by atoms with van der Waals surface area (Å²) < 4.78 is 6.53. The molecule has 3 aliphatic rings. The summed E-state index contributed by atoms with van der Waals surface area (Å²) in [6.45, 7) is 6.07. The van der Waals surface area contributed by atoms with Crippen LogP contribution in [0.4, 0.5) is 5.69 Å². The Bertz CT molecular complexity index is 984. The summed E-state index contributed by atoms with van der Waals surface area (Å²) in [5.41, 5.74) is -1.55. The van der Waals surface area contributed by atoms with E-state index in [0.717, 1.165) is 0 Å². The van der Waals surface area contributed by atoms with Gasteiger partial charge in [0, 0.05) is 30.4 Å². The van der Waals surface area contributed by atoms with E-state index in [1.165, 1.54) is 4.90 Å². The highest BCUT2D eigenvalue weighted by molar-refractivity contribution is 6.30. The molecule has 0 aromatic heterocycles. The number of hydrogen-bond acceptors (Lipinski definition) is 5. The normalized spacial score (nSPS) is 31.6. The third-order valence-corrected chi connectivity index (χ3v) is 7.96. The third-order valence-electron chi connectivity index (χ3n) is 7.70. The number of carboxylic acid groups (broad SMARTS) is 1. The molecule has 0 radical (unpaired) electrons. The van der Waals surface area contributed by atoms with Crippen molar-refractivity contribution in [2.24, 2.45) is 11.8 Å². The summed E-state index contributed by atoms with van der Waals surface area (Å²) in [5.74, 6) is -3.67. The molecule has 3 saturated heterocycles. The number of nitrogens with zero attached hydrogens (tertiary/aromatic N) is 2. The average molecular weight is 491 g/mol. The number of carbonyl (C=O) groups is 3. The summed E-state index contributed by atoms with van der Waals surface area (Å²) in [7, 11) is 0. The van der Waals surface area contributed by atoms with Gasteiger partial charge in [0.15, 0.2) is 0 Å². The molecule has 3 aliphatic heterocycles. The second-order valence-electron chi connectivity index (χ2n) is 9.35. The van der Waals surface area contributed by atoms with Crippen molar-refractivity contribution in [2.75, 3.05) is 24.6 Å². The first-order valence-corrected chi connectivity index (χ1v) is 12.2. The Hall–Kier alpha value is -2.42. The zero-order valence-electron chi connectivity index (χ0n) is 19.3. The molecule has 0 saturated carbocycles. The van der Waals surface area contributed by atoms with E-state index in [1.54, 1.807) is 35.2 Å². The van der Waals surface area contributed by atoms with Crippen molar-refractivity contribution in [3.05, 3.63) is 41.9 Å². The van der Waals surface area contributed by atoms with Gasteiger partial charge in [-0.15, -0.1) is 6.58 Å². The van der Waals surface area contributed by atoms with Crippen molar-refractivity contribution in [1.82, 2.24) is 4.90 Å². The van der Waals surface area contributed by atoms with Gasteiger partial charge in [-0.25, -0.2) is 0 Å². The quantitative estimate of drug-likeness (QED) is 0.386. The summed E-state index contributed by atoms with van der Waals surface area (Å²) in [5, 5.41) is 19.9. The van der Waals surface area contributed by atoms with Crippen molar-refractivity contribution < 1.29 is 29.3 Å². The van der Waals surface area contributed by atoms with E-state index in [4.69, 9.17) is 16.3 Å². The monoisotopic (exact) mass is 490 g/mol. The van der Waals surface area contributed by atoms with Crippen LogP contribution in [0.5, 0.6) is 0 Å². The summed E-state index contributed by atoms with van der Waals surface area (Å²) in [4.78, 5) is 43.3. The molecule has 2 unspecified atom stereocenters. The first-order valence-electron chi connectivity index (χ1n) is 11.8. The molecule has 3 heterocycles. The fourth-order valence-electron chi connectivity index (χ4n) is 6.23. The number of anilines is 1. The van der Waals surface area contributed by atoms with E-state index >= 15 is 0 Å². The fraction of sp³-hybridized carbons (Fsp3) is 0.560. The van der Waals surface area contributed by atoms with E-state index < -0.39 is 35.0 Å². The number of halogens is 1. The van der Waals surface area contributed by atoms with Gasteiger partial charge in [0.2, 0.25) is 5.91 Å². The predicted molar refractivity (Wildman–Crippen MR) is 127 cm³/mol. The van der Waals surface area contributed by atoms with E-state index in [9.17, 15) is 24.6 Å². The number of ether oxygens (including phenoxy) is 1. The van der Waals surface area contributed by atoms with Crippen LogP contribution in [0.15, 0.2) is 36.9 Å². The number of rotatable bonds is 10. The maximum absolute atomic E-state index is 14.2. The number of aliphatic hydroxyl groups is 1. The molecule has 34 heavy (non-hydrogen) atoms. The van der Waals surface area contributed by atoms with Gasteiger partial charge in [-0.05, 0) is 56.4 Å². The van der Waals surface area contributed by atoms with Crippen LogP contribution in [0.1, 0.15) is 39.0 Å². The van der Waals surface area contributed by atoms with Gasteiger partial charge in [0.1, 0.15) is 17.6 Å². The Balaban J connectivity index is 1.79. The van der Waals surface area contributed by atoms with Crippen LogP contribution in [0.3, 0.4) is 0 Å². The molecule has 1 spiro atoms. The summed E-state index contributed by atoms with van der Waals surface area (Å²) in [6, 6.07) is 5.87. The van der Waals surface area contributed by atoms with Gasteiger partial charge in [0.05, 0.1) is 11.5 Å². The Morgan fingerprint density at radius 2 is 2.00 bits per heavy atom. The van der Waals surface area contributed by atoms with Gasteiger partial charge in [-0.1, -0.05) is 24.6 Å². The molecule has 2 bridgehead atoms. The smallest absolute Gasteiger partial charge is 0.310 e. The average Bonchev–Trinajstić information content (AvgIpc) is 3.42. The standard InChI is InChI=1S/C25H31ClN2O6/c1-3-13-27(17-9-7-16(26)8-10-17)22(31)20-25-12-11-24(4-2,34-25)19(23(32)33)18(25)21(30)28(20)14-5-6-15-29/h3,7-10,18-20,29H,1,4-6,11-15H2,2H3,(H,32,33)/t18-,19+,20?,24-,25?/m0/s1. The lowest BCUT2D eigenvalue weighted by molar-refractivity contribution is -0.155. The van der Waals surface area contributed by atoms with Gasteiger partial charge in [0.25, 0.3) is 5.91 Å². The molecule has 184 valence electrons. The second-order valence-corrected chi connectivity index (χ2v) is 9.78. The second kappa shape index (κ2) is 9.32. The number of likely N-dealkylation sites (tertiary alicyclic amines) is 1. The van der Waals surface area contributed by atoms with Crippen LogP contribution in [-0.2, 0) is 19.1 Å². The topological polar surface area (TPSA) is 107 Å². The highest BCUT2D eigenvalue weighted by Gasteiger charge is 2.79. The Morgan fingerprint density at radius 3 is 2.59 bits per heavy atom. The van der Waals surface area contributed by atoms with Gasteiger partial charge in [-0.3, -0.25) is 14.4 Å². The molecular weight excluding hydrogens is 460 g/mol. The first kappa shape index (κ1) is 24.7. The number of aliphatic hydroxyl groups excluding tert-OH is 1. The van der Waals surface area contributed by atoms with Crippen LogP contribution in [0.25, 0.3) is 0 Å². The number of carbonyl (C=O) groups excluding carboxylic acids is 2. The molecule has 3 fully saturated rings. The molecule has 4 rings (SSSR count). The van der Waals surface area contributed by atoms with Crippen molar-refractivity contribution in [3.63, 3.8) is 0 Å². The minimum Gasteiger partial charge on any atom is -0.481 e. The van der Waals surface area contributed by atoms with Crippen molar-refractivity contribution in [3.8, 4) is 0 Å². The third kappa shape index (κ3) is 3.63. The van der Waals surface area contributed by atoms with Crippen LogP contribution >= 0.6 is 11.6 Å². The van der Waals surface area contributed by atoms with Crippen LogP contribution < -0.4 is 4.90 Å². The van der Waals surface area contributed by atoms with Crippen molar-refractivity contribution in [2.45, 2.75) is 56.3 Å². The van der Waals surface area contributed by atoms with E-state index in [1.807, 2.05) is 6.92 Å². The molecule has 2 amide bonds.